The third-order valence-corrected chi connectivity index (χ3v) is 5.44. The van der Waals surface area contributed by atoms with Crippen LogP contribution in [-0.4, -0.2) is 23.6 Å². The molecule has 4 rings (SSSR count). The number of carbonyl (C=O) groups excluding carboxylic acids is 4. The molecular formula is C28H23N5O4. The number of benzene rings is 4. The van der Waals surface area contributed by atoms with Gasteiger partial charge in [-0.05, 0) is 97.1 Å². The van der Waals surface area contributed by atoms with Gasteiger partial charge in [0, 0.05) is 45.0 Å². The average Bonchev–Trinajstić information content (AvgIpc) is 2.91. The number of amides is 4. The van der Waals surface area contributed by atoms with Gasteiger partial charge >= 0.3 is 0 Å². The van der Waals surface area contributed by atoms with Crippen LogP contribution < -0.4 is 27.4 Å². The van der Waals surface area contributed by atoms with Gasteiger partial charge in [-0.25, -0.2) is 0 Å². The van der Waals surface area contributed by atoms with Crippen LogP contribution in [0.5, 0.6) is 0 Å². The third-order valence-electron chi connectivity index (χ3n) is 5.44. The van der Waals surface area contributed by atoms with E-state index in [0.717, 1.165) is 11.4 Å². The Bertz CT molecular complexity index is 1330. The minimum atomic E-state index is -0.553. The quantitative estimate of drug-likeness (QED) is 0.249. The second-order valence-corrected chi connectivity index (χ2v) is 8.07. The first-order valence-electron chi connectivity index (χ1n) is 11.2. The van der Waals surface area contributed by atoms with Gasteiger partial charge in [0.2, 0.25) is 11.8 Å². The van der Waals surface area contributed by atoms with E-state index in [1.54, 1.807) is 24.3 Å². The Balaban J connectivity index is 1.32. The van der Waals surface area contributed by atoms with Crippen LogP contribution >= 0.6 is 0 Å². The summed E-state index contributed by atoms with van der Waals surface area (Å²) in [6, 6.07) is 26.5. The van der Waals surface area contributed by atoms with Crippen molar-refractivity contribution < 1.29 is 19.2 Å². The number of carbonyl (C=O) groups is 4. The average molecular weight is 494 g/mol. The van der Waals surface area contributed by atoms with Gasteiger partial charge in [-0.3, -0.25) is 19.2 Å². The summed E-state index contributed by atoms with van der Waals surface area (Å²) in [5.41, 5.74) is 14.7. The van der Waals surface area contributed by atoms with Crippen molar-refractivity contribution in [2.24, 2.45) is 11.5 Å². The van der Waals surface area contributed by atoms with E-state index in [9.17, 15) is 19.2 Å². The molecule has 0 aliphatic carbocycles. The van der Waals surface area contributed by atoms with Crippen LogP contribution in [0.25, 0.3) is 0 Å². The fourth-order valence-corrected chi connectivity index (χ4v) is 3.42. The second-order valence-electron chi connectivity index (χ2n) is 8.07. The molecule has 0 aliphatic rings. The monoisotopic (exact) mass is 493 g/mol. The zero-order chi connectivity index (χ0) is 26.4. The molecule has 4 aromatic rings. The number of primary amides is 2. The topological polar surface area (TPSA) is 156 Å². The predicted octanol–water partition coefficient (Wildman–Crippen LogP) is 4.13. The summed E-state index contributed by atoms with van der Waals surface area (Å²) in [7, 11) is 0. The summed E-state index contributed by atoms with van der Waals surface area (Å²) in [5, 5.41) is 8.85. The van der Waals surface area contributed by atoms with Crippen molar-refractivity contribution in [1.82, 2.24) is 0 Å². The van der Waals surface area contributed by atoms with Crippen LogP contribution in [0, 0.1) is 0 Å². The minimum absolute atomic E-state index is 0.307. The molecule has 9 heteroatoms. The first-order valence-corrected chi connectivity index (χ1v) is 11.2. The van der Waals surface area contributed by atoms with Gasteiger partial charge in [-0.2, -0.15) is 0 Å². The number of anilines is 4. The van der Waals surface area contributed by atoms with Crippen molar-refractivity contribution in [2.75, 3.05) is 16.0 Å². The summed E-state index contributed by atoms with van der Waals surface area (Å²) in [6.45, 7) is 0. The van der Waals surface area contributed by atoms with Crippen LogP contribution in [0.3, 0.4) is 0 Å². The summed E-state index contributed by atoms with van der Waals surface area (Å²) >= 11 is 0. The second kappa shape index (κ2) is 10.9. The molecule has 4 aromatic carbocycles. The molecule has 0 aromatic heterocycles. The molecule has 9 nitrogen and oxygen atoms in total. The van der Waals surface area contributed by atoms with Gasteiger partial charge in [-0.15, -0.1) is 0 Å². The Hall–Kier alpha value is -5.44. The van der Waals surface area contributed by atoms with Crippen LogP contribution in [-0.2, 0) is 0 Å². The molecule has 37 heavy (non-hydrogen) atoms. The number of nitrogens with one attached hydrogen (secondary N) is 3. The van der Waals surface area contributed by atoms with Crippen molar-refractivity contribution in [1.29, 1.82) is 0 Å². The number of hydrogen-bond acceptors (Lipinski definition) is 5. The molecule has 0 saturated carbocycles. The Labute approximate surface area is 212 Å². The van der Waals surface area contributed by atoms with E-state index in [4.69, 9.17) is 11.5 Å². The van der Waals surface area contributed by atoms with Crippen LogP contribution in [0.15, 0.2) is 97.1 Å². The van der Waals surface area contributed by atoms with E-state index < -0.39 is 11.8 Å². The van der Waals surface area contributed by atoms with Crippen molar-refractivity contribution in [3.8, 4) is 0 Å². The lowest BCUT2D eigenvalue weighted by Crippen LogP contribution is -2.14. The molecule has 0 saturated heterocycles. The summed E-state index contributed by atoms with van der Waals surface area (Å²) in [6.07, 6.45) is 0. The normalized spacial score (nSPS) is 10.3. The fourth-order valence-electron chi connectivity index (χ4n) is 3.42. The zero-order valence-electron chi connectivity index (χ0n) is 19.5. The first-order chi connectivity index (χ1) is 17.8. The van der Waals surface area contributed by atoms with E-state index in [0.29, 0.717) is 33.6 Å². The molecule has 0 bridgehead atoms. The number of rotatable bonds is 8. The fraction of sp³-hybridized carbons (Fsp3) is 0. The van der Waals surface area contributed by atoms with Gasteiger partial charge in [-0.1, -0.05) is 0 Å². The molecule has 7 N–H and O–H groups in total. The van der Waals surface area contributed by atoms with Crippen molar-refractivity contribution in [3.05, 3.63) is 119 Å². The molecule has 0 atom stereocenters. The molecular weight excluding hydrogens is 470 g/mol. The molecule has 0 heterocycles. The van der Waals surface area contributed by atoms with Gasteiger partial charge in [0.25, 0.3) is 11.8 Å². The van der Waals surface area contributed by atoms with Crippen LogP contribution in [0.2, 0.25) is 0 Å². The molecule has 0 unspecified atom stereocenters. The van der Waals surface area contributed by atoms with Gasteiger partial charge in [0.15, 0.2) is 0 Å². The molecule has 0 fully saturated rings. The van der Waals surface area contributed by atoms with Crippen molar-refractivity contribution >= 4 is 46.4 Å². The maximum absolute atomic E-state index is 12.4. The molecule has 0 aliphatic heterocycles. The lowest BCUT2D eigenvalue weighted by molar-refractivity contribution is 0.0991. The number of nitrogens with two attached hydrogens (primary N) is 2. The Morgan fingerprint density at radius 3 is 0.973 bits per heavy atom. The van der Waals surface area contributed by atoms with E-state index in [2.05, 4.69) is 16.0 Å². The predicted molar refractivity (Wildman–Crippen MR) is 142 cm³/mol. The lowest BCUT2D eigenvalue weighted by atomic mass is 10.1. The Kier molecular flexibility index (Phi) is 7.25. The van der Waals surface area contributed by atoms with E-state index in [1.165, 1.54) is 48.5 Å². The zero-order valence-corrected chi connectivity index (χ0v) is 19.5. The van der Waals surface area contributed by atoms with Crippen LogP contribution in [0.1, 0.15) is 41.4 Å². The van der Waals surface area contributed by atoms with E-state index in [1.807, 2.05) is 24.3 Å². The van der Waals surface area contributed by atoms with E-state index >= 15 is 0 Å². The van der Waals surface area contributed by atoms with Gasteiger partial charge < -0.3 is 27.4 Å². The summed E-state index contributed by atoms with van der Waals surface area (Å²) < 4.78 is 0. The number of hydrogen-bond donors (Lipinski definition) is 5. The standard InChI is InChI=1S/C28H23N5O4/c29-25(34)17-1-5-19(6-2-17)27(36)32-23-13-9-21(10-14-23)31-22-11-15-24(16-12-22)33-28(37)20-7-3-18(4-8-20)26(30)35/h1-16,31H,(H2,29,34)(H2,30,35)(H,32,36)(H,33,37). The maximum atomic E-state index is 12.4. The van der Waals surface area contributed by atoms with Gasteiger partial charge in [0.05, 0.1) is 0 Å². The Morgan fingerprint density at radius 2 is 0.676 bits per heavy atom. The summed E-state index contributed by atoms with van der Waals surface area (Å²) in [5.74, 6) is -1.72. The summed E-state index contributed by atoms with van der Waals surface area (Å²) in [4.78, 5) is 47.2. The maximum Gasteiger partial charge on any atom is 0.255 e. The molecule has 0 spiro atoms. The highest BCUT2D eigenvalue weighted by Gasteiger charge is 2.09. The molecule has 0 radical (unpaired) electrons. The largest absolute Gasteiger partial charge is 0.366 e. The molecule has 184 valence electrons. The SMILES string of the molecule is NC(=O)c1ccc(C(=O)Nc2ccc(Nc3ccc(NC(=O)c4ccc(C(N)=O)cc4)cc3)cc2)cc1. The molecule has 4 amide bonds. The van der Waals surface area contributed by atoms with Gasteiger partial charge in [0.1, 0.15) is 0 Å². The first kappa shape index (κ1) is 24.7. The Morgan fingerprint density at radius 1 is 0.405 bits per heavy atom. The van der Waals surface area contributed by atoms with Crippen LogP contribution in [0.4, 0.5) is 22.7 Å². The highest BCUT2D eigenvalue weighted by Crippen LogP contribution is 2.21. The minimum Gasteiger partial charge on any atom is -0.366 e. The smallest absolute Gasteiger partial charge is 0.255 e. The van der Waals surface area contributed by atoms with Crippen molar-refractivity contribution in [3.63, 3.8) is 0 Å². The van der Waals surface area contributed by atoms with Crippen molar-refractivity contribution in [2.45, 2.75) is 0 Å². The highest BCUT2D eigenvalue weighted by molar-refractivity contribution is 6.06. The highest BCUT2D eigenvalue weighted by atomic mass is 16.2. The lowest BCUT2D eigenvalue weighted by Gasteiger charge is -2.10. The van der Waals surface area contributed by atoms with E-state index in [-0.39, 0.29) is 11.8 Å². The third kappa shape index (κ3) is 6.37.